The summed E-state index contributed by atoms with van der Waals surface area (Å²) in [6, 6.07) is 5.54. The van der Waals surface area contributed by atoms with Crippen LogP contribution in [0.25, 0.3) is 5.88 Å². The van der Waals surface area contributed by atoms with Gasteiger partial charge in [0.05, 0.1) is 12.6 Å². The van der Waals surface area contributed by atoms with E-state index in [9.17, 15) is 4.79 Å². The molecular formula is C15H17N5O3. The van der Waals surface area contributed by atoms with Crippen molar-refractivity contribution in [2.75, 3.05) is 0 Å². The van der Waals surface area contributed by atoms with Crippen LogP contribution in [0.5, 0.6) is 5.75 Å². The van der Waals surface area contributed by atoms with Crippen molar-refractivity contribution in [2.45, 2.75) is 26.9 Å². The van der Waals surface area contributed by atoms with E-state index in [4.69, 9.17) is 10.6 Å². The van der Waals surface area contributed by atoms with Crippen LogP contribution in [0, 0.1) is 6.92 Å². The van der Waals surface area contributed by atoms with Crippen LogP contribution in [0.2, 0.25) is 0 Å². The van der Waals surface area contributed by atoms with Gasteiger partial charge in [0, 0.05) is 7.05 Å². The summed E-state index contributed by atoms with van der Waals surface area (Å²) in [6.07, 6.45) is 0.627. The van der Waals surface area contributed by atoms with Gasteiger partial charge in [-0.3, -0.25) is 0 Å². The van der Waals surface area contributed by atoms with Gasteiger partial charge in [-0.15, -0.1) is 4.68 Å². The molecule has 8 heteroatoms. The van der Waals surface area contributed by atoms with Crippen LogP contribution in [0.3, 0.4) is 0 Å². The first kappa shape index (κ1) is 13.7. The lowest BCUT2D eigenvalue weighted by atomic mass is 10.2. The van der Waals surface area contributed by atoms with Crippen LogP contribution in [0.4, 0.5) is 0 Å². The molecule has 0 bridgehead atoms. The molecule has 0 spiro atoms. The van der Waals surface area contributed by atoms with Gasteiger partial charge < -0.3 is 9.26 Å². The van der Waals surface area contributed by atoms with E-state index >= 15 is 0 Å². The van der Waals surface area contributed by atoms with Crippen LogP contribution in [-0.4, -0.2) is 24.9 Å². The Labute approximate surface area is 133 Å². The summed E-state index contributed by atoms with van der Waals surface area (Å²) in [5, 5.41) is 11.4. The molecule has 0 radical (unpaired) electrons. The van der Waals surface area contributed by atoms with Gasteiger partial charge in [0.1, 0.15) is 12.4 Å². The first-order valence-corrected chi connectivity index (χ1v) is 7.18. The van der Waals surface area contributed by atoms with E-state index in [1.54, 1.807) is 18.2 Å². The maximum atomic E-state index is 12.0. The van der Waals surface area contributed by atoms with Gasteiger partial charge in [-0.25, -0.2) is 4.79 Å². The minimum atomic E-state index is -0.426. The molecule has 2 heterocycles. The zero-order chi connectivity index (χ0) is 17.3. The first-order valence-electron chi connectivity index (χ1n) is 7.68. The fraction of sp³-hybridized carbons (Fsp3) is 0.333. The molecule has 3 rings (SSSR count). The molecule has 8 nitrogen and oxygen atoms in total. The Balaban J connectivity index is 1.94. The molecule has 120 valence electrons. The second-order valence-corrected chi connectivity index (χ2v) is 5.04. The van der Waals surface area contributed by atoms with Crippen molar-refractivity contribution < 1.29 is 10.6 Å². The van der Waals surface area contributed by atoms with E-state index < -0.39 is 5.69 Å². The number of aromatic nitrogens is 5. The van der Waals surface area contributed by atoms with Crippen molar-refractivity contribution >= 4 is 0 Å². The van der Waals surface area contributed by atoms with Crippen molar-refractivity contribution in [3.63, 3.8) is 0 Å². The number of rotatable bonds is 5. The molecule has 2 aromatic heterocycles. The molecule has 0 saturated carbocycles. The van der Waals surface area contributed by atoms with Gasteiger partial charge in [-0.1, -0.05) is 30.3 Å². The highest BCUT2D eigenvalue weighted by Gasteiger charge is 2.21. The summed E-state index contributed by atoms with van der Waals surface area (Å²) in [4.78, 5) is 12.0. The predicted molar refractivity (Wildman–Crippen MR) is 81.6 cm³/mol. The van der Waals surface area contributed by atoms with Crippen LogP contribution in [0.15, 0.2) is 33.6 Å². The molecule has 0 aliphatic carbocycles. The first-order chi connectivity index (χ1) is 11.5. The van der Waals surface area contributed by atoms with E-state index in [1.807, 2.05) is 13.8 Å². The number of hydrogen-bond donors (Lipinski definition) is 0. The topological polar surface area (TPSA) is 88.0 Å². The Morgan fingerprint density at radius 3 is 2.87 bits per heavy atom. The second-order valence-electron chi connectivity index (χ2n) is 5.04. The molecule has 0 N–H and O–H groups in total. The third-order valence-electron chi connectivity index (χ3n) is 3.49. The number of nitrogens with zero attached hydrogens (tertiary/aromatic N) is 5. The van der Waals surface area contributed by atoms with Gasteiger partial charge in [-0.05, 0) is 35.4 Å². The highest BCUT2D eigenvalue weighted by atomic mass is 16.5. The molecule has 0 unspecified atom stereocenters. The lowest BCUT2D eigenvalue weighted by Gasteiger charge is -2.08. The van der Waals surface area contributed by atoms with E-state index in [-0.39, 0.29) is 12.5 Å². The molecule has 0 atom stereocenters. The Morgan fingerprint density at radius 1 is 1.39 bits per heavy atom. The summed E-state index contributed by atoms with van der Waals surface area (Å²) >= 11 is 0. The molecule has 0 saturated heterocycles. The molecule has 1 aromatic carbocycles. The number of ether oxygens (including phenoxy) is 1. The number of aryl methyl sites for hydroxylation is 3. The monoisotopic (exact) mass is 317 g/mol. The molecule has 3 aromatic rings. The Kier molecular flexibility index (Phi) is 3.63. The lowest BCUT2D eigenvalue weighted by Crippen LogP contribution is -2.22. The fourth-order valence-corrected chi connectivity index (χ4v) is 2.17. The minimum Gasteiger partial charge on any atom is -0.488 e. The van der Waals surface area contributed by atoms with Crippen LogP contribution < -0.4 is 10.4 Å². The zero-order valence-corrected chi connectivity index (χ0v) is 13.1. The zero-order valence-electron chi connectivity index (χ0n) is 14.1. The number of hydrogen-bond acceptors (Lipinski definition) is 6. The smallest absolute Gasteiger partial charge is 0.370 e. The summed E-state index contributed by atoms with van der Waals surface area (Å²) in [6.45, 7) is 3.98. The highest BCUT2D eigenvalue weighted by Crippen LogP contribution is 2.22. The third-order valence-corrected chi connectivity index (χ3v) is 3.49. The largest absolute Gasteiger partial charge is 0.488 e. The fourth-order valence-electron chi connectivity index (χ4n) is 2.17. The summed E-state index contributed by atoms with van der Waals surface area (Å²) in [5.74, 6) is 0.867. The standard InChI is InChI=1S/C15H17N5O3/c1-4-12-11(9-22-13-8-6-5-7-10(13)2)14(23-16-12)20-15(21)19(3)17-18-20/h5-8H,4,9H2,1-3H3/i5T. The maximum absolute atomic E-state index is 12.0. The van der Waals surface area contributed by atoms with Crippen LogP contribution >= 0.6 is 0 Å². The molecular weight excluding hydrogens is 298 g/mol. The Hall–Kier alpha value is -2.90. The van der Waals surface area contributed by atoms with Gasteiger partial charge >= 0.3 is 5.69 Å². The summed E-state index contributed by atoms with van der Waals surface area (Å²) in [5.41, 5.74) is 1.77. The SMILES string of the molecule is [3H]c1ccc(OCc2c(CC)noc2-n2nnn(C)c2=O)c(C)c1. The predicted octanol–water partition coefficient (Wildman–Crippen LogP) is 1.40. The average Bonchev–Trinajstić information content (AvgIpc) is 3.10. The molecule has 0 aliphatic heterocycles. The van der Waals surface area contributed by atoms with E-state index in [0.29, 0.717) is 29.5 Å². The molecule has 0 fully saturated rings. The second kappa shape index (κ2) is 6.07. The summed E-state index contributed by atoms with van der Waals surface area (Å²) < 4.78 is 20.9. The Bertz CT molecular complexity index is 928. The number of para-hydroxylation sites is 1. The van der Waals surface area contributed by atoms with Gasteiger partial charge in [0.15, 0.2) is 0 Å². The van der Waals surface area contributed by atoms with Crippen LogP contribution in [-0.2, 0) is 20.1 Å². The highest BCUT2D eigenvalue weighted by molar-refractivity contribution is 5.35. The molecule has 0 aliphatic rings. The minimum absolute atomic E-state index is 0.170. The van der Waals surface area contributed by atoms with Gasteiger partial charge in [0.2, 0.25) is 0 Å². The van der Waals surface area contributed by atoms with E-state index in [0.717, 1.165) is 14.9 Å². The Morgan fingerprint density at radius 2 is 2.22 bits per heavy atom. The van der Waals surface area contributed by atoms with E-state index in [1.165, 1.54) is 7.05 Å². The molecule has 0 amide bonds. The number of benzene rings is 1. The summed E-state index contributed by atoms with van der Waals surface area (Å²) in [7, 11) is 1.50. The van der Waals surface area contributed by atoms with Crippen molar-refractivity contribution in [3.8, 4) is 11.6 Å². The van der Waals surface area contributed by atoms with E-state index in [2.05, 4.69) is 15.6 Å². The average molecular weight is 317 g/mol. The third kappa shape index (κ3) is 2.75. The molecule has 23 heavy (non-hydrogen) atoms. The van der Waals surface area contributed by atoms with Crippen LogP contribution in [0.1, 0.15) is 25.1 Å². The van der Waals surface area contributed by atoms with Crippen molar-refractivity contribution in [1.29, 1.82) is 0 Å². The van der Waals surface area contributed by atoms with Gasteiger partial charge in [-0.2, -0.15) is 4.68 Å². The number of tetrazole rings is 1. The van der Waals surface area contributed by atoms with Crippen molar-refractivity contribution in [1.82, 2.24) is 24.9 Å². The maximum Gasteiger partial charge on any atom is 0.370 e. The quantitative estimate of drug-likeness (QED) is 0.707. The van der Waals surface area contributed by atoms with Crippen molar-refractivity contribution in [2.24, 2.45) is 7.05 Å². The van der Waals surface area contributed by atoms with Crippen molar-refractivity contribution in [3.05, 3.63) is 51.5 Å². The van der Waals surface area contributed by atoms with Gasteiger partial charge in [0.25, 0.3) is 5.88 Å². The lowest BCUT2D eigenvalue weighted by molar-refractivity contribution is 0.300. The normalized spacial score (nSPS) is 11.5.